The Kier molecular flexibility index (Phi) is 4.06. The van der Waals surface area contributed by atoms with E-state index in [-0.39, 0.29) is 5.91 Å². The van der Waals surface area contributed by atoms with Gasteiger partial charge in [0.1, 0.15) is 11.1 Å². The number of amides is 1. The lowest BCUT2D eigenvalue weighted by Gasteiger charge is -2.14. The first-order valence-electron chi connectivity index (χ1n) is 8.25. The number of hydrogen-bond acceptors (Lipinski definition) is 3. The predicted molar refractivity (Wildman–Crippen MR) is 98.7 cm³/mol. The SMILES string of the molecule is C[C@H](Cl)C(=O)Nc1ccc(-c2onc3c2CCc2ccccc2-3)cc1. The fraction of sp³-hybridized carbons (Fsp3) is 0.200. The number of carbonyl (C=O) groups is 1. The van der Waals surface area contributed by atoms with Gasteiger partial charge in [0.05, 0.1) is 0 Å². The minimum Gasteiger partial charge on any atom is -0.355 e. The third kappa shape index (κ3) is 2.94. The van der Waals surface area contributed by atoms with Crippen molar-refractivity contribution in [3.8, 4) is 22.6 Å². The zero-order chi connectivity index (χ0) is 17.4. The smallest absolute Gasteiger partial charge is 0.242 e. The van der Waals surface area contributed by atoms with Crippen LogP contribution in [0.2, 0.25) is 0 Å². The lowest BCUT2D eigenvalue weighted by molar-refractivity contribution is -0.115. The van der Waals surface area contributed by atoms with Gasteiger partial charge in [-0.25, -0.2) is 0 Å². The molecule has 1 amide bonds. The van der Waals surface area contributed by atoms with Gasteiger partial charge < -0.3 is 9.84 Å². The number of hydrogen-bond donors (Lipinski definition) is 1. The number of nitrogens with zero attached hydrogens (tertiary/aromatic N) is 1. The zero-order valence-corrected chi connectivity index (χ0v) is 14.5. The molecule has 0 spiro atoms. The van der Waals surface area contributed by atoms with Gasteiger partial charge in [0.15, 0.2) is 5.76 Å². The van der Waals surface area contributed by atoms with Crippen molar-refractivity contribution in [2.45, 2.75) is 25.1 Å². The van der Waals surface area contributed by atoms with Crippen molar-refractivity contribution in [1.82, 2.24) is 5.16 Å². The normalized spacial score (nSPS) is 13.7. The van der Waals surface area contributed by atoms with Crippen LogP contribution in [0.15, 0.2) is 53.1 Å². The van der Waals surface area contributed by atoms with Gasteiger partial charge in [-0.1, -0.05) is 29.4 Å². The molecule has 3 aromatic rings. The maximum Gasteiger partial charge on any atom is 0.242 e. The van der Waals surface area contributed by atoms with E-state index in [2.05, 4.69) is 28.7 Å². The van der Waals surface area contributed by atoms with Crippen LogP contribution in [0.3, 0.4) is 0 Å². The number of aromatic nitrogens is 1. The Morgan fingerprint density at radius 1 is 1.16 bits per heavy atom. The molecule has 1 aliphatic carbocycles. The van der Waals surface area contributed by atoms with Crippen LogP contribution in [0.4, 0.5) is 5.69 Å². The Morgan fingerprint density at radius 2 is 1.92 bits per heavy atom. The molecule has 1 aromatic heterocycles. The van der Waals surface area contributed by atoms with E-state index in [9.17, 15) is 4.79 Å². The Bertz CT molecular complexity index is 929. The summed E-state index contributed by atoms with van der Waals surface area (Å²) in [5.74, 6) is 0.580. The molecule has 25 heavy (non-hydrogen) atoms. The summed E-state index contributed by atoms with van der Waals surface area (Å²) in [5.41, 5.74) is 6.20. The van der Waals surface area contributed by atoms with Crippen molar-refractivity contribution in [3.63, 3.8) is 0 Å². The summed E-state index contributed by atoms with van der Waals surface area (Å²) >= 11 is 5.78. The maximum atomic E-state index is 11.7. The highest BCUT2D eigenvalue weighted by Gasteiger charge is 2.24. The van der Waals surface area contributed by atoms with Gasteiger partial charge >= 0.3 is 0 Å². The summed E-state index contributed by atoms with van der Waals surface area (Å²) in [4.78, 5) is 11.7. The number of anilines is 1. The first-order chi connectivity index (χ1) is 12.1. The Hall–Kier alpha value is -2.59. The van der Waals surface area contributed by atoms with E-state index in [0.717, 1.165) is 41.0 Å². The molecule has 2 aromatic carbocycles. The Morgan fingerprint density at radius 3 is 2.68 bits per heavy atom. The van der Waals surface area contributed by atoms with E-state index < -0.39 is 5.38 Å². The van der Waals surface area contributed by atoms with Crippen molar-refractivity contribution < 1.29 is 9.32 Å². The van der Waals surface area contributed by atoms with E-state index in [1.165, 1.54) is 5.56 Å². The molecule has 4 nitrogen and oxygen atoms in total. The van der Waals surface area contributed by atoms with Crippen LogP contribution in [-0.4, -0.2) is 16.4 Å². The molecule has 0 saturated carbocycles. The molecule has 1 heterocycles. The van der Waals surface area contributed by atoms with Crippen LogP contribution in [0.5, 0.6) is 0 Å². The minimum absolute atomic E-state index is 0.219. The molecular formula is C20H17ClN2O2. The van der Waals surface area contributed by atoms with Crippen LogP contribution in [0.1, 0.15) is 18.1 Å². The molecule has 1 N–H and O–H groups in total. The van der Waals surface area contributed by atoms with E-state index in [1.807, 2.05) is 30.3 Å². The van der Waals surface area contributed by atoms with E-state index in [0.29, 0.717) is 5.69 Å². The second-order valence-electron chi connectivity index (χ2n) is 6.18. The van der Waals surface area contributed by atoms with Gasteiger partial charge in [-0.15, -0.1) is 11.6 Å². The number of carbonyl (C=O) groups excluding carboxylic acids is 1. The molecule has 0 fully saturated rings. The highest BCUT2D eigenvalue weighted by molar-refractivity contribution is 6.32. The minimum atomic E-state index is -0.568. The average Bonchev–Trinajstić information content (AvgIpc) is 3.07. The van der Waals surface area contributed by atoms with Crippen LogP contribution in [-0.2, 0) is 17.6 Å². The van der Waals surface area contributed by atoms with Crippen molar-refractivity contribution in [2.75, 3.05) is 5.32 Å². The van der Waals surface area contributed by atoms with Crippen LogP contribution in [0.25, 0.3) is 22.6 Å². The van der Waals surface area contributed by atoms with Gasteiger partial charge in [-0.3, -0.25) is 4.79 Å². The first-order valence-corrected chi connectivity index (χ1v) is 8.69. The summed E-state index contributed by atoms with van der Waals surface area (Å²) in [6.07, 6.45) is 1.90. The summed E-state index contributed by atoms with van der Waals surface area (Å²) in [6, 6.07) is 15.9. The number of nitrogens with one attached hydrogen (secondary N) is 1. The highest BCUT2D eigenvalue weighted by Crippen LogP contribution is 2.38. The second kappa shape index (κ2) is 6.37. The van der Waals surface area contributed by atoms with Crippen molar-refractivity contribution >= 4 is 23.2 Å². The molecule has 0 radical (unpaired) electrons. The van der Waals surface area contributed by atoms with Crippen LogP contribution < -0.4 is 5.32 Å². The topological polar surface area (TPSA) is 55.1 Å². The lowest BCUT2D eigenvalue weighted by Crippen LogP contribution is -2.20. The molecule has 0 aliphatic heterocycles. The Balaban J connectivity index is 1.64. The summed E-state index contributed by atoms with van der Waals surface area (Å²) in [5, 5.41) is 6.51. The summed E-state index contributed by atoms with van der Waals surface area (Å²) < 4.78 is 5.66. The predicted octanol–water partition coefficient (Wildman–Crippen LogP) is 4.67. The molecule has 5 heteroatoms. The number of aryl methyl sites for hydroxylation is 1. The maximum absolute atomic E-state index is 11.7. The van der Waals surface area contributed by atoms with E-state index in [1.54, 1.807) is 6.92 Å². The summed E-state index contributed by atoms with van der Waals surface area (Å²) in [6.45, 7) is 1.64. The lowest BCUT2D eigenvalue weighted by atomic mass is 9.88. The first kappa shape index (κ1) is 15.9. The van der Waals surface area contributed by atoms with Gasteiger partial charge in [0.2, 0.25) is 5.91 Å². The van der Waals surface area contributed by atoms with Crippen molar-refractivity contribution in [3.05, 3.63) is 59.7 Å². The number of alkyl halides is 1. The second-order valence-corrected chi connectivity index (χ2v) is 6.83. The molecule has 0 saturated heterocycles. The number of benzene rings is 2. The molecule has 0 bridgehead atoms. The fourth-order valence-electron chi connectivity index (χ4n) is 3.16. The van der Waals surface area contributed by atoms with E-state index >= 15 is 0 Å². The van der Waals surface area contributed by atoms with E-state index in [4.69, 9.17) is 16.1 Å². The number of fused-ring (bicyclic) bond motifs is 3. The quantitative estimate of drug-likeness (QED) is 0.697. The number of rotatable bonds is 3. The molecule has 1 aliphatic rings. The van der Waals surface area contributed by atoms with Crippen molar-refractivity contribution in [1.29, 1.82) is 0 Å². The largest absolute Gasteiger partial charge is 0.355 e. The summed E-state index contributed by atoms with van der Waals surface area (Å²) in [7, 11) is 0. The van der Waals surface area contributed by atoms with Gasteiger partial charge in [0, 0.05) is 22.4 Å². The van der Waals surface area contributed by atoms with Crippen LogP contribution in [0, 0.1) is 0 Å². The zero-order valence-electron chi connectivity index (χ0n) is 13.8. The number of halogens is 1. The fourth-order valence-corrected chi connectivity index (χ4v) is 3.21. The molecule has 1 atom stereocenters. The van der Waals surface area contributed by atoms with Crippen LogP contribution >= 0.6 is 11.6 Å². The molecule has 4 rings (SSSR count). The highest BCUT2D eigenvalue weighted by atomic mass is 35.5. The average molecular weight is 353 g/mol. The van der Waals surface area contributed by atoms with Crippen molar-refractivity contribution in [2.24, 2.45) is 0 Å². The molecular weight excluding hydrogens is 336 g/mol. The van der Waals surface area contributed by atoms with Gasteiger partial charge in [-0.2, -0.15) is 0 Å². The molecule has 126 valence electrons. The standard InChI is InChI=1S/C20H17ClN2O2/c1-12(21)20(24)22-15-9-6-14(7-10-15)19-17-11-8-13-4-2-3-5-16(13)18(17)23-25-19/h2-7,9-10,12H,8,11H2,1H3,(H,22,24)/t12-/m0/s1. The monoisotopic (exact) mass is 352 g/mol. The third-order valence-electron chi connectivity index (χ3n) is 4.48. The van der Waals surface area contributed by atoms with Gasteiger partial charge in [0.25, 0.3) is 0 Å². The third-order valence-corrected chi connectivity index (χ3v) is 4.68. The Labute approximate surface area is 150 Å². The van der Waals surface area contributed by atoms with Gasteiger partial charge in [-0.05, 0) is 49.6 Å². The molecule has 0 unspecified atom stereocenters.